The number of benzene rings is 2. The Labute approximate surface area is 169 Å². The van der Waals surface area contributed by atoms with Gasteiger partial charge in [0.05, 0.1) is 13.2 Å². The van der Waals surface area contributed by atoms with E-state index in [9.17, 15) is 0 Å². The van der Waals surface area contributed by atoms with Crippen molar-refractivity contribution in [2.24, 2.45) is 0 Å². The zero-order valence-corrected chi connectivity index (χ0v) is 16.8. The van der Waals surface area contributed by atoms with Gasteiger partial charge in [-0.2, -0.15) is 5.10 Å². The number of halogens is 1. The molecule has 140 valence electrons. The molecule has 0 aliphatic rings. The van der Waals surface area contributed by atoms with E-state index in [1.165, 1.54) is 0 Å². The molecule has 0 unspecified atom stereocenters. The minimum Gasteiger partial charge on any atom is -0.494 e. The summed E-state index contributed by atoms with van der Waals surface area (Å²) in [6.07, 6.45) is 0. The van der Waals surface area contributed by atoms with Crippen molar-refractivity contribution in [1.82, 2.24) is 9.78 Å². The van der Waals surface area contributed by atoms with Crippen LogP contribution >= 0.6 is 23.8 Å². The van der Waals surface area contributed by atoms with Crippen molar-refractivity contribution in [2.75, 3.05) is 17.2 Å². The number of ether oxygens (including phenoxy) is 1. The molecule has 0 amide bonds. The molecule has 1 aromatic heterocycles. The zero-order valence-electron chi connectivity index (χ0n) is 15.2. The standard InChI is InChI=1S/C20H21ClN4OS/c1-3-26-18-10-8-17(9-11-18)22-20(27)23-19-12-14(2)25(24-19)13-15-4-6-16(21)7-5-15/h4-12H,3,13H2,1-2H3,(H2,22,23,24,27). The smallest absolute Gasteiger partial charge is 0.176 e. The molecule has 0 spiro atoms. The Morgan fingerprint density at radius 3 is 2.48 bits per heavy atom. The van der Waals surface area contributed by atoms with Crippen LogP contribution in [0.2, 0.25) is 5.02 Å². The van der Waals surface area contributed by atoms with Gasteiger partial charge in [-0.3, -0.25) is 4.68 Å². The molecule has 1 heterocycles. The third-order valence-electron chi connectivity index (χ3n) is 3.89. The summed E-state index contributed by atoms with van der Waals surface area (Å²) in [4.78, 5) is 0. The number of rotatable bonds is 6. The van der Waals surface area contributed by atoms with Gasteiger partial charge in [-0.15, -0.1) is 0 Å². The first-order valence-corrected chi connectivity index (χ1v) is 9.42. The lowest BCUT2D eigenvalue weighted by Gasteiger charge is -2.09. The molecule has 3 aromatic rings. The molecule has 27 heavy (non-hydrogen) atoms. The SMILES string of the molecule is CCOc1ccc(NC(=S)Nc2cc(C)n(Cc3ccc(Cl)cc3)n2)cc1. The molecule has 0 fully saturated rings. The summed E-state index contributed by atoms with van der Waals surface area (Å²) in [6, 6.07) is 17.4. The molecule has 0 aliphatic carbocycles. The molecule has 0 aliphatic heterocycles. The maximum Gasteiger partial charge on any atom is 0.176 e. The van der Waals surface area contributed by atoms with Gasteiger partial charge in [-0.05, 0) is 68.0 Å². The topological polar surface area (TPSA) is 51.1 Å². The second-order valence-electron chi connectivity index (χ2n) is 5.99. The van der Waals surface area contributed by atoms with Crippen LogP contribution in [-0.4, -0.2) is 21.5 Å². The average molecular weight is 401 g/mol. The van der Waals surface area contributed by atoms with Crippen LogP contribution in [0.15, 0.2) is 54.6 Å². The maximum absolute atomic E-state index is 5.94. The van der Waals surface area contributed by atoms with Gasteiger partial charge in [-0.25, -0.2) is 0 Å². The van der Waals surface area contributed by atoms with Crippen LogP contribution in [0.1, 0.15) is 18.2 Å². The molecule has 2 aromatic carbocycles. The molecule has 0 bridgehead atoms. The Balaban J connectivity index is 1.60. The van der Waals surface area contributed by atoms with Gasteiger partial charge >= 0.3 is 0 Å². The van der Waals surface area contributed by atoms with Crippen molar-refractivity contribution in [3.8, 4) is 5.75 Å². The highest BCUT2D eigenvalue weighted by Crippen LogP contribution is 2.17. The van der Waals surface area contributed by atoms with Gasteiger partial charge in [0.2, 0.25) is 0 Å². The summed E-state index contributed by atoms with van der Waals surface area (Å²) >= 11 is 11.3. The molecule has 3 rings (SSSR count). The van der Waals surface area contributed by atoms with Gasteiger partial charge in [0.25, 0.3) is 0 Å². The predicted molar refractivity (Wildman–Crippen MR) is 115 cm³/mol. The Bertz CT molecular complexity index is 907. The van der Waals surface area contributed by atoms with Gasteiger partial charge in [0, 0.05) is 22.5 Å². The summed E-state index contributed by atoms with van der Waals surface area (Å²) in [6.45, 7) is 5.28. The summed E-state index contributed by atoms with van der Waals surface area (Å²) in [7, 11) is 0. The molecule has 7 heteroatoms. The Morgan fingerprint density at radius 1 is 1.11 bits per heavy atom. The first kappa shape index (κ1) is 19.2. The Hall–Kier alpha value is -2.57. The van der Waals surface area contributed by atoms with Crippen LogP contribution in [0.3, 0.4) is 0 Å². The quantitative estimate of drug-likeness (QED) is 0.563. The summed E-state index contributed by atoms with van der Waals surface area (Å²) in [5, 5.41) is 12.0. The molecular formula is C20H21ClN4OS. The third-order valence-corrected chi connectivity index (χ3v) is 4.35. The fourth-order valence-corrected chi connectivity index (χ4v) is 2.92. The van der Waals surface area contributed by atoms with Crippen LogP contribution in [-0.2, 0) is 6.54 Å². The second-order valence-corrected chi connectivity index (χ2v) is 6.84. The van der Waals surface area contributed by atoms with E-state index in [4.69, 9.17) is 28.6 Å². The molecule has 0 atom stereocenters. The third kappa shape index (κ3) is 5.45. The zero-order chi connectivity index (χ0) is 19.2. The highest BCUT2D eigenvalue weighted by atomic mass is 35.5. The van der Waals surface area contributed by atoms with Crippen LogP contribution in [0, 0.1) is 6.92 Å². The number of thiocarbonyl (C=S) groups is 1. The van der Waals surface area contributed by atoms with Crippen LogP contribution in [0.4, 0.5) is 11.5 Å². The van der Waals surface area contributed by atoms with Crippen molar-refractivity contribution in [1.29, 1.82) is 0 Å². The largest absolute Gasteiger partial charge is 0.494 e. The lowest BCUT2D eigenvalue weighted by Crippen LogP contribution is -2.19. The second kappa shape index (κ2) is 8.88. The van der Waals surface area contributed by atoms with Crippen molar-refractivity contribution in [2.45, 2.75) is 20.4 Å². The van der Waals surface area contributed by atoms with E-state index in [0.717, 1.165) is 27.7 Å². The van der Waals surface area contributed by atoms with Crippen molar-refractivity contribution >= 4 is 40.4 Å². The van der Waals surface area contributed by atoms with E-state index in [1.54, 1.807) is 0 Å². The van der Waals surface area contributed by atoms with E-state index in [2.05, 4.69) is 15.7 Å². The maximum atomic E-state index is 5.94. The number of nitrogens with one attached hydrogen (secondary N) is 2. The van der Waals surface area contributed by atoms with Crippen LogP contribution in [0.5, 0.6) is 5.75 Å². The van der Waals surface area contributed by atoms with E-state index >= 15 is 0 Å². The summed E-state index contributed by atoms with van der Waals surface area (Å²) in [5.41, 5.74) is 3.05. The number of anilines is 2. The van der Waals surface area contributed by atoms with E-state index < -0.39 is 0 Å². The van der Waals surface area contributed by atoms with E-state index in [-0.39, 0.29) is 0 Å². The Kier molecular flexibility index (Phi) is 6.32. The van der Waals surface area contributed by atoms with Gasteiger partial charge < -0.3 is 15.4 Å². The highest BCUT2D eigenvalue weighted by molar-refractivity contribution is 7.80. The summed E-state index contributed by atoms with van der Waals surface area (Å²) < 4.78 is 7.36. The predicted octanol–water partition coefficient (Wildman–Crippen LogP) is 5.10. The van der Waals surface area contributed by atoms with Gasteiger partial charge in [-0.1, -0.05) is 23.7 Å². The first-order chi connectivity index (χ1) is 13.0. The fraction of sp³-hybridized carbons (Fsp3) is 0.200. The lowest BCUT2D eigenvalue weighted by molar-refractivity contribution is 0.340. The van der Waals surface area contributed by atoms with Gasteiger partial charge in [0.1, 0.15) is 5.75 Å². The molecule has 0 saturated carbocycles. The number of aromatic nitrogens is 2. The molecular weight excluding hydrogens is 380 g/mol. The number of aryl methyl sites for hydroxylation is 1. The van der Waals surface area contributed by atoms with Crippen LogP contribution in [0.25, 0.3) is 0 Å². The molecule has 5 nitrogen and oxygen atoms in total. The van der Waals surface area contributed by atoms with Gasteiger partial charge in [0.15, 0.2) is 10.9 Å². The minimum absolute atomic E-state index is 0.482. The van der Waals surface area contributed by atoms with E-state index in [0.29, 0.717) is 24.1 Å². The normalized spacial score (nSPS) is 10.5. The highest BCUT2D eigenvalue weighted by Gasteiger charge is 2.07. The Morgan fingerprint density at radius 2 is 1.81 bits per heavy atom. The number of nitrogens with zero attached hydrogens (tertiary/aromatic N) is 2. The fourth-order valence-electron chi connectivity index (χ4n) is 2.57. The number of hydrogen-bond donors (Lipinski definition) is 2. The van der Waals surface area contributed by atoms with Crippen molar-refractivity contribution in [3.63, 3.8) is 0 Å². The monoisotopic (exact) mass is 400 g/mol. The summed E-state index contributed by atoms with van der Waals surface area (Å²) in [5.74, 6) is 1.53. The lowest BCUT2D eigenvalue weighted by atomic mass is 10.2. The van der Waals surface area contributed by atoms with E-state index in [1.807, 2.05) is 73.1 Å². The van der Waals surface area contributed by atoms with Crippen molar-refractivity contribution < 1.29 is 4.74 Å². The minimum atomic E-state index is 0.482. The van der Waals surface area contributed by atoms with Crippen LogP contribution < -0.4 is 15.4 Å². The van der Waals surface area contributed by atoms with Crippen molar-refractivity contribution in [3.05, 3.63) is 70.9 Å². The molecule has 2 N–H and O–H groups in total. The number of hydrogen-bond acceptors (Lipinski definition) is 3. The molecule has 0 radical (unpaired) electrons. The first-order valence-electron chi connectivity index (χ1n) is 8.63. The average Bonchev–Trinajstić information content (AvgIpc) is 2.97. The molecule has 0 saturated heterocycles.